The number of rotatable bonds is 3. The van der Waals surface area contributed by atoms with Gasteiger partial charge in [-0.2, -0.15) is 4.98 Å². The third-order valence-corrected chi connectivity index (χ3v) is 3.89. The van der Waals surface area contributed by atoms with Gasteiger partial charge in [0.2, 0.25) is 0 Å². The molecule has 1 saturated heterocycles. The van der Waals surface area contributed by atoms with Crippen LogP contribution in [0.3, 0.4) is 0 Å². The highest BCUT2D eigenvalue weighted by atomic mass is 35.5. The van der Waals surface area contributed by atoms with Gasteiger partial charge in [-0.1, -0.05) is 16.8 Å². The minimum Gasteiger partial charge on any atom is -0.376 e. The molecule has 6 heteroatoms. The van der Waals surface area contributed by atoms with E-state index in [1.54, 1.807) is 0 Å². The van der Waals surface area contributed by atoms with E-state index in [0.717, 1.165) is 18.7 Å². The van der Waals surface area contributed by atoms with Gasteiger partial charge in [-0.3, -0.25) is 4.90 Å². The lowest BCUT2D eigenvalue weighted by Crippen LogP contribution is -2.46. The van der Waals surface area contributed by atoms with Crippen molar-refractivity contribution in [2.75, 3.05) is 13.2 Å². The minimum absolute atomic E-state index is 0.240. The van der Waals surface area contributed by atoms with Gasteiger partial charge in [0.1, 0.15) is 0 Å². The summed E-state index contributed by atoms with van der Waals surface area (Å²) in [5.41, 5.74) is 0.876. The first-order valence-corrected chi connectivity index (χ1v) is 7.44. The number of morpholine rings is 1. The molecule has 1 aliphatic heterocycles. The van der Waals surface area contributed by atoms with Crippen molar-refractivity contribution in [1.82, 2.24) is 15.0 Å². The molecule has 1 aromatic heterocycles. The Bertz CT molecular complexity index is 599. The van der Waals surface area contributed by atoms with Gasteiger partial charge < -0.3 is 9.26 Å². The van der Waals surface area contributed by atoms with Gasteiger partial charge >= 0.3 is 0 Å². The van der Waals surface area contributed by atoms with E-state index in [4.69, 9.17) is 20.9 Å². The maximum atomic E-state index is 5.88. The Morgan fingerprint density at radius 3 is 2.81 bits per heavy atom. The molecule has 0 spiro atoms. The predicted molar refractivity (Wildman–Crippen MR) is 80.0 cm³/mol. The molecule has 5 nitrogen and oxygen atoms in total. The maximum Gasteiger partial charge on any atom is 0.257 e. The Morgan fingerprint density at radius 1 is 1.29 bits per heavy atom. The first kappa shape index (κ1) is 14.5. The van der Waals surface area contributed by atoms with Crippen LogP contribution >= 0.6 is 11.6 Å². The third-order valence-electron chi connectivity index (χ3n) is 3.64. The van der Waals surface area contributed by atoms with E-state index in [0.29, 0.717) is 29.3 Å². The van der Waals surface area contributed by atoms with Crippen LogP contribution in [0.4, 0.5) is 0 Å². The number of halogens is 1. The second-order valence-corrected chi connectivity index (χ2v) is 5.88. The fourth-order valence-electron chi connectivity index (χ4n) is 2.40. The Morgan fingerprint density at radius 2 is 2.05 bits per heavy atom. The molecule has 2 heterocycles. The highest BCUT2D eigenvalue weighted by molar-refractivity contribution is 6.30. The van der Waals surface area contributed by atoms with E-state index < -0.39 is 0 Å². The molecule has 0 N–H and O–H groups in total. The molecule has 3 rings (SSSR count). The lowest BCUT2D eigenvalue weighted by molar-refractivity contribution is -0.0536. The summed E-state index contributed by atoms with van der Waals surface area (Å²) in [6, 6.07) is 7.73. The fourth-order valence-corrected chi connectivity index (χ4v) is 2.53. The second kappa shape index (κ2) is 6.13. The SMILES string of the molecule is C[C@@H]1CO[C@@H](C)CN1Cc1noc(-c2ccc(Cl)cc2)n1. The summed E-state index contributed by atoms with van der Waals surface area (Å²) in [6.45, 7) is 6.52. The van der Waals surface area contributed by atoms with Gasteiger partial charge in [-0.15, -0.1) is 0 Å². The van der Waals surface area contributed by atoms with Crippen molar-refractivity contribution in [3.63, 3.8) is 0 Å². The zero-order chi connectivity index (χ0) is 14.8. The molecule has 112 valence electrons. The maximum absolute atomic E-state index is 5.88. The Balaban J connectivity index is 1.71. The van der Waals surface area contributed by atoms with E-state index in [1.807, 2.05) is 24.3 Å². The number of benzene rings is 1. The van der Waals surface area contributed by atoms with Crippen molar-refractivity contribution >= 4 is 11.6 Å². The Kier molecular flexibility index (Phi) is 4.24. The van der Waals surface area contributed by atoms with Crippen LogP contribution in [0.2, 0.25) is 5.02 Å². The molecule has 2 aromatic rings. The quantitative estimate of drug-likeness (QED) is 0.872. The lowest BCUT2D eigenvalue weighted by Gasteiger charge is -2.35. The van der Waals surface area contributed by atoms with Crippen molar-refractivity contribution in [2.24, 2.45) is 0 Å². The molecular weight excluding hydrogens is 290 g/mol. The number of aromatic nitrogens is 2. The van der Waals surface area contributed by atoms with Crippen LogP contribution in [0.1, 0.15) is 19.7 Å². The molecule has 1 aromatic carbocycles. The largest absolute Gasteiger partial charge is 0.376 e. The molecule has 0 radical (unpaired) electrons. The van der Waals surface area contributed by atoms with Gasteiger partial charge in [0.15, 0.2) is 5.82 Å². The summed E-state index contributed by atoms with van der Waals surface area (Å²) in [6.07, 6.45) is 0.240. The van der Waals surface area contributed by atoms with Crippen LogP contribution in [0.25, 0.3) is 11.5 Å². The molecule has 0 saturated carbocycles. The summed E-state index contributed by atoms with van der Waals surface area (Å²) >= 11 is 5.88. The first-order valence-electron chi connectivity index (χ1n) is 7.06. The van der Waals surface area contributed by atoms with Crippen molar-refractivity contribution in [1.29, 1.82) is 0 Å². The first-order chi connectivity index (χ1) is 10.1. The smallest absolute Gasteiger partial charge is 0.257 e. The van der Waals surface area contributed by atoms with Crippen molar-refractivity contribution in [3.05, 3.63) is 35.1 Å². The van der Waals surface area contributed by atoms with Crippen LogP contribution in [0.15, 0.2) is 28.8 Å². The Labute approximate surface area is 128 Å². The number of hydrogen-bond acceptors (Lipinski definition) is 5. The molecule has 1 aliphatic rings. The third kappa shape index (κ3) is 3.43. The van der Waals surface area contributed by atoms with Gasteiger partial charge in [0.25, 0.3) is 5.89 Å². The highest BCUT2D eigenvalue weighted by Gasteiger charge is 2.25. The number of hydrogen-bond donors (Lipinski definition) is 0. The van der Waals surface area contributed by atoms with Crippen molar-refractivity contribution in [2.45, 2.75) is 32.5 Å². The van der Waals surface area contributed by atoms with Crippen molar-refractivity contribution in [3.8, 4) is 11.5 Å². The summed E-state index contributed by atoms with van der Waals surface area (Å²) in [5, 5.41) is 4.76. The number of nitrogens with zero attached hydrogens (tertiary/aromatic N) is 3. The summed E-state index contributed by atoms with van der Waals surface area (Å²) in [4.78, 5) is 6.77. The topological polar surface area (TPSA) is 51.4 Å². The monoisotopic (exact) mass is 307 g/mol. The van der Waals surface area contributed by atoms with Crippen LogP contribution in [0, 0.1) is 0 Å². The molecular formula is C15H18ClN3O2. The molecule has 0 amide bonds. The standard InChI is InChI=1S/C15H18ClN3O2/c1-10-9-20-11(2)7-19(10)8-14-17-15(21-18-14)12-3-5-13(16)6-4-12/h3-6,10-11H,7-9H2,1-2H3/t10-,11+/m1/s1. The second-order valence-electron chi connectivity index (χ2n) is 5.45. The van der Waals surface area contributed by atoms with E-state index >= 15 is 0 Å². The zero-order valence-corrected chi connectivity index (χ0v) is 12.9. The van der Waals surface area contributed by atoms with E-state index in [1.165, 1.54) is 0 Å². The van der Waals surface area contributed by atoms with Gasteiger partial charge in [0.05, 0.1) is 19.3 Å². The van der Waals surface area contributed by atoms with Crippen LogP contribution < -0.4 is 0 Å². The fraction of sp³-hybridized carbons (Fsp3) is 0.467. The molecule has 21 heavy (non-hydrogen) atoms. The average Bonchev–Trinajstić information content (AvgIpc) is 2.92. The highest BCUT2D eigenvalue weighted by Crippen LogP contribution is 2.21. The van der Waals surface area contributed by atoms with Crippen LogP contribution in [0.5, 0.6) is 0 Å². The van der Waals surface area contributed by atoms with Crippen LogP contribution in [-0.4, -0.2) is 40.3 Å². The summed E-state index contributed by atoms with van der Waals surface area (Å²) in [5.74, 6) is 1.22. The molecule has 2 atom stereocenters. The Hall–Kier alpha value is -1.43. The molecule has 0 bridgehead atoms. The van der Waals surface area contributed by atoms with E-state index in [9.17, 15) is 0 Å². The van der Waals surface area contributed by atoms with E-state index in [-0.39, 0.29) is 6.10 Å². The molecule has 1 fully saturated rings. The normalized spacial score (nSPS) is 23.4. The predicted octanol–water partition coefficient (Wildman–Crippen LogP) is 3.00. The summed E-state index contributed by atoms with van der Waals surface area (Å²) in [7, 11) is 0. The van der Waals surface area contributed by atoms with E-state index in [2.05, 4.69) is 28.9 Å². The van der Waals surface area contributed by atoms with Gasteiger partial charge in [-0.25, -0.2) is 0 Å². The zero-order valence-electron chi connectivity index (χ0n) is 12.1. The average molecular weight is 308 g/mol. The lowest BCUT2D eigenvalue weighted by atomic mass is 10.2. The summed E-state index contributed by atoms with van der Waals surface area (Å²) < 4.78 is 11.0. The molecule has 0 unspecified atom stereocenters. The molecule has 0 aliphatic carbocycles. The van der Waals surface area contributed by atoms with Gasteiger partial charge in [-0.05, 0) is 38.1 Å². The van der Waals surface area contributed by atoms with Gasteiger partial charge in [0, 0.05) is 23.2 Å². The van der Waals surface area contributed by atoms with Crippen molar-refractivity contribution < 1.29 is 9.26 Å². The minimum atomic E-state index is 0.240. The van der Waals surface area contributed by atoms with Crippen LogP contribution in [-0.2, 0) is 11.3 Å². The number of ether oxygens (including phenoxy) is 1.